The van der Waals surface area contributed by atoms with E-state index in [1.54, 1.807) is 23.7 Å². The summed E-state index contributed by atoms with van der Waals surface area (Å²) in [6.45, 7) is 7.72. The van der Waals surface area contributed by atoms with Gasteiger partial charge in [0, 0.05) is 50.3 Å². The molecule has 0 aromatic carbocycles. The van der Waals surface area contributed by atoms with Gasteiger partial charge in [0.05, 0.1) is 34.8 Å². The molecule has 0 amide bonds. The van der Waals surface area contributed by atoms with Gasteiger partial charge in [-0.05, 0) is 38.1 Å². The number of H-pyrrole nitrogens is 2. The molecule has 5 aromatic rings. The maximum atomic E-state index is 4.57. The van der Waals surface area contributed by atoms with E-state index in [0.717, 1.165) is 50.0 Å². The highest BCUT2D eigenvalue weighted by atomic mass is 32.1. The van der Waals surface area contributed by atoms with Crippen LogP contribution in [0, 0.1) is 6.92 Å². The summed E-state index contributed by atoms with van der Waals surface area (Å²) in [6, 6.07) is 8.46. The number of allylic oxidation sites excluding steroid dienone is 2. The Morgan fingerprint density at radius 1 is 1.13 bits per heavy atom. The summed E-state index contributed by atoms with van der Waals surface area (Å²) in [6.07, 6.45) is 10.8. The first-order valence-corrected chi connectivity index (χ1v) is 10.7. The molecule has 7 heteroatoms. The average molecular weight is 425 g/mol. The van der Waals surface area contributed by atoms with Crippen LogP contribution < -0.4 is 0 Å². The van der Waals surface area contributed by atoms with Gasteiger partial charge in [-0.25, -0.2) is 0 Å². The van der Waals surface area contributed by atoms with Crippen LogP contribution >= 0.6 is 11.3 Å². The number of thiophene rings is 1. The Morgan fingerprint density at radius 3 is 2.81 bits per heavy atom. The molecular formula is C24H20N6S. The van der Waals surface area contributed by atoms with Gasteiger partial charge in [0.25, 0.3) is 0 Å². The molecule has 0 saturated carbocycles. The van der Waals surface area contributed by atoms with Gasteiger partial charge in [-0.1, -0.05) is 12.7 Å². The molecule has 0 radical (unpaired) electrons. The van der Waals surface area contributed by atoms with E-state index >= 15 is 0 Å². The lowest BCUT2D eigenvalue weighted by molar-refractivity contribution is 1.11. The van der Waals surface area contributed by atoms with Gasteiger partial charge >= 0.3 is 0 Å². The third-order valence-electron chi connectivity index (χ3n) is 5.18. The first-order chi connectivity index (χ1) is 15.2. The van der Waals surface area contributed by atoms with Crippen molar-refractivity contribution in [3.8, 4) is 21.8 Å². The van der Waals surface area contributed by atoms with Crippen molar-refractivity contribution < 1.29 is 0 Å². The van der Waals surface area contributed by atoms with Gasteiger partial charge in [0.2, 0.25) is 0 Å². The van der Waals surface area contributed by atoms with Crippen LogP contribution in [0.2, 0.25) is 0 Å². The van der Waals surface area contributed by atoms with E-state index in [1.807, 2.05) is 31.5 Å². The molecule has 152 valence electrons. The molecule has 5 aromatic heterocycles. The van der Waals surface area contributed by atoms with Crippen LogP contribution in [0.15, 0.2) is 66.7 Å². The molecule has 31 heavy (non-hydrogen) atoms. The second-order valence-electron chi connectivity index (χ2n) is 7.13. The largest absolute Gasteiger partial charge is 0.352 e. The molecule has 0 spiro atoms. The van der Waals surface area contributed by atoms with E-state index < -0.39 is 0 Å². The average Bonchev–Trinajstić information content (AvgIpc) is 3.51. The summed E-state index contributed by atoms with van der Waals surface area (Å²) in [5, 5.41) is 9.78. The van der Waals surface area contributed by atoms with Crippen molar-refractivity contribution in [2.24, 2.45) is 4.99 Å². The first-order valence-electron chi connectivity index (χ1n) is 9.86. The molecule has 0 unspecified atom stereocenters. The van der Waals surface area contributed by atoms with Gasteiger partial charge < -0.3 is 4.98 Å². The Hall–Kier alpha value is -3.84. The highest BCUT2D eigenvalue weighted by Gasteiger charge is 2.15. The molecule has 0 aliphatic carbocycles. The molecule has 0 aliphatic rings. The summed E-state index contributed by atoms with van der Waals surface area (Å²) >= 11 is 1.77. The summed E-state index contributed by atoms with van der Waals surface area (Å²) in [7, 11) is 0. The van der Waals surface area contributed by atoms with Crippen molar-refractivity contribution in [3.63, 3.8) is 0 Å². The number of aliphatic imine (C=N–C) groups is 1. The Kier molecular flexibility index (Phi) is 4.80. The van der Waals surface area contributed by atoms with E-state index in [9.17, 15) is 0 Å². The van der Waals surface area contributed by atoms with Crippen molar-refractivity contribution >= 4 is 44.9 Å². The fourth-order valence-electron chi connectivity index (χ4n) is 3.66. The van der Waals surface area contributed by atoms with E-state index in [1.165, 1.54) is 16.0 Å². The van der Waals surface area contributed by atoms with Gasteiger partial charge in [0.1, 0.15) is 5.69 Å². The minimum atomic E-state index is 0.829. The van der Waals surface area contributed by atoms with Crippen molar-refractivity contribution in [1.29, 1.82) is 0 Å². The lowest BCUT2D eigenvalue weighted by atomic mass is 10.1. The Labute approximate surface area is 183 Å². The van der Waals surface area contributed by atoms with Gasteiger partial charge in [-0.3, -0.25) is 20.1 Å². The lowest BCUT2D eigenvalue weighted by Gasteiger charge is -2.01. The predicted octanol–water partition coefficient (Wildman–Crippen LogP) is 6.16. The Balaban J connectivity index is 1.65. The van der Waals surface area contributed by atoms with E-state index in [4.69, 9.17) is 0 Å². The molecular weight excluding hydrogens is 404 g/mol. The van der Waals surface area contributed by atoms with Crippen LogP contribution in [0.25, 0.3) is 49.2 Å². The molecule has 5 rings (SSSR count). The highest BCUT2D eigenvalue weighted by Crippen LogP contribution is 2.36. The minimum absolute atomic E-state index is 0.829. The normalized spacial score (nSPS) is 12.4. The minimum Gasteiger partial charge on any atom is -0.352 e. The third kappa shape index (κ3) is 3.39. The van der Waals surface area contributed by atoms with Crippen molar-refractivity contribution in [2.75, 3.05) is 0 Å². The highest BCUT2D eigenvalue weighted by molar-refractivity contribution is 7.15. The summed E-state index contributed by atoms with van der Waals surface area (Å²) in [5.74, 6) is 0. The monoisotopic (exact) mass is 424 g/mol. The quantitative estimate of drug-likeness (QED) is 0.332. The number of aromatic nitrogens is 5. The molecule has 2 N–H and O–H groups in total. The predicted molar refractivity (Wildman–Crippen MR) is 129 cm³/mol. The van der Waals surface area contributed by atoms with E-state index in [2.05, 4.69) is 61.8 Å². The van der Waals surface area contributed by atoms with E-state index in [0.29, 0.717) is 0 Å². The van der Waals surface area contributed by atoms with Crippen LogP contribution in [-0.4, -0.2) is 31.4 Å². The molecule has 5 heterocycles. The third-order valence-corrected chi connectivity index (χ3v) is 6.21. The SMILES string of the molecule is C=CN=C/C(=C\C)c1cc2c(-c3cc4c(-c5ccc(C)s5)cncc4[nH]3)n[nH]c2cn1. The van der Waals surface area contributed by atoms with Crippen molar-refractivity contribution in [3.05, 3.63) is 72.3 Å². The number of hydrogen-bond donors (Lipinski definition) is 2. The Morgan fingerprint density at radius 2 is 2.03 bits per heavy atom. The summed E-state index contributed by atoms with van der Waals surface area (Å²) in [4.78, 5) is 19.1. The maximum absolute atomic E-state index is 4.57. The van der Waals surface area contributed by atoms with Crippen molar-refractivity contribution in [2.45, 2.75) is 13.8 Å². The first kappa shape index (κ1) is 19.1. The molecule has 0 fully saturated rings. The lowest BCUT2D eigenvalue weighted by Crippen LogP contribution is -1.90. The number of nitrogens with zero attached hydrogens (tertiary/aromatic N) is 4. The van der Waals surface area contributed by atoms with Gasteiger partial charge in [-0.2, -0.15) is 5.10 Å². The van der Waals surface area contributed by atoms with Crippen LogP contribution in [0.5, 0.6) is 0 Å². The second-order valence-corrected chi connectivity index (χ2v) is 8.42. The standard InChI is InChI=1S/C24H20N6S/c1-4-15(10-25-5-2)19-9-17-22(13-27-19)29-30-24(17)20-8-16-18(11-26-12-21(16)28-20)23-7-6-14(3)31-23/h4-13,28H,2H2,1,3H3,(H,29,30)/b15-4+,25-10?. The zero-order valence-corrected chi connectivity index (χ0v) is 18.0. The zero-order valence-electron chi connectivity index (χ0n) is 17.2. The number of hydrogen-bond acceptors (Lipinski definition) is 5. The van der Waals surface area contributed by atoms with Crippen LogP contribution in [0.1, 0.15) is 17.5 Å². The fourth-order valence-corrected chi connectivity index (χ4v) is 4.55. The number of rotatable bonds is 5. The van der Waals surface area contributed by atoms with Crippen LogP contribution in [0.4, 0.5) is 0 Å². The maximum Gasteiger partial charge on any atom is 0.116 e. The number of aryl methyl sites for hydroxylation is 1. The Bertz CT molecular complexity index is 1480. The summed E-state index contributed by atoms with van der Waals surface area (Å²) < 4.78 is 0. The molecule has 0 aliphatic heterocycles. The zero-order chi connectivity index (χ0) is 21.4. The fraction of sp³-hybridized carbons (Fsp3) is 0.0833. The molecule has 6 nitrogen and oxygen atoms in total. The second kappa shape index (κ2) is 7.77. The smallest absolute Gasteiger partial charge is 0.116 e. The number of fused-ring (bicyclic) bond motifs is 2. The number of aromatic amines is 2. The van der Waals surface area contributed by atoms with E-state index in [-0.39, 0.29) is 0 Å². The topological polar surface area (TPSA) is 82.6 Å². The molecule has 0 atom stereocenters. The molecule has 0 saturated heterocycles. The van der Waals surface area contributed by atoms with Crippen LogP contribution in [-0.2, 0) is 0 Å². The van der Waals surface area contributed by atoms with Crippen LogP contribution in [0.3, 0.4) is 0 Å². The van der Waals surface area contributed by atoms with Gasteiger partial charge in [-0.15, -0.1) is 11.3 Å². The number of nitrogens with one attached hydrogen (secondary N) is 2. The van der Waals surface area contributed by atoms with Gasteiger partial charge in [0.15, 0.2) is 0 Å². The summed E-state index contributed by atoms with van der Waals surface area (Å²) in [5.41, 5.74) is 6.51. The number of pyridine rings is 2. The van der Waals surface area contributed by atoms with Crippen molar-refractivity contribution in [1.82, 2.24) is 25.1 Å². The molecule has 0 bridgehead atoms.